The third-order valence-electron chi connectivity index (χ3n) is 1.77. The second-order valence-corrected chi connectivity index (χ2v) is 2.89. The van der Waals surface area contributed by atoms with E-state index in [1.807, 2.05) is 0 Å². The van der Waals surface area contributed by atoms with Gasteiger partial charge in [0, 0.05) is 13.3 Å². The summed E-state index contributed by atoms with van der Waals surface area (Å²) in [5.41, 5.74) is 0.472. The van der Waals surface area contributed by atoms with Gasteiger partial charge in [-0.2, -0.15) is 0 Å². The Bertz CT molecular complexity index is 272. The lowest BCUT2D eigenvalue weighted by Crippen LogP contribution is -2.40. The van der Waals surface area contributed by atoms with Gasteiger partial charge in [0.05, 0.1) is 19.3 Å². The van der Waals surface area contributed by atoms with E-state index in [0.717, 1.165) is 0 Å². The smallest absolute Gasteiger partial charge is 0.268 e. The number of aliphatic hydroxyl groups is 1. The van der Waals surface area contributed by atoms with Crippen LogP contribution in [0.3, 0.4) is 0 Å². The topological polar surface area (TPSA) is 74.3 Å². The molecule has 3 N–H and O–H groups in total. The molecule has 1 heterocycles. The first-order valence-corrected chi connectivity index (χ1v) is 4.32. The van der Waals surface area contributed by atoms with Gasteiger partial charge in [-0.15, -0.1) is 0 Å². The number of nitrogens with one attached hydrogen (secondary N) is 2. The second kappa shape index (κ2) is 5.41. The van der Waals surface area contributed by atoms with Crippen LogP contribution >= 0.6 is 0 Å². The molecule has 0 bridgehead atoms. The summed E-state index contributed by atoms with van der Waals surface area (Å²) in [6, 6.07) is 3.03. The minimum Gasteiger partial charge on any atom is -0.394 e. The monoisotopic (exact) mass is 198 g/mol. The minimum atomic E-state index is -0.365. The van der Waals surface area contributed by atoms with E-state index in [9.17, 15) is 4.79 Å². The molecule has 0 radical (unpaired) electrons. The summed E-state index contributed by atoms with van der Waals surface area (Å²) in [4.78, 5) is 14.2. The summed E-state index contributed by atoms with van der Waals surface area (Å²) in [6.07, 6.45) is 1.67. The molecule has 0 saturated heterocycles. The molecule has 1 aromatic heterocycles. The Labute approximate surface area is 82.1 Å². The molecule has 1 rings (SSSR count). The summed E-state index contributed by atoms with van der Waals surface area (Å²) >= 11 is 0. The van der Waals surface area contributed by atoms with E-state index in [-0.39, 0.29) is 18.6 Å². The van der Waals surface area contributed by atoms with Gasteiger partial charge in [0.25, 0.3) is 5.91 Å². The number of rotatable bonds is 5. The number of aromatic nitrogens is 1. The van der Waals surface area contributed by atoms with Crippen molar-refractivity contribution in [2.24, 2.45) is 0 Å². The third kappa shape index (κ3) is 2.86. The van der Waals surface area contributed by atoms with Crippen LogP contribution in [0.15, 0.2) is 18.3 Å². The van der Waals surface area contributed by atoms with Crippen molar-refractivity contribution in [3.8, 4) is 0 Å². The highest BCUT2D eigenvalue weighted by Crippen LogP contribution is 1.95. The van der Waals surface area contributed by atoms with E-state index in [1.165, 1.54) is 7.11 Å². The number of ether oxygens (including phenoxy) is 1. The van der Waals surface area contributed by atoms with Gasteiger partial charge in [-0.1, -0.05) is 0 Å². The van der Waals surface area contributed by atoms with Crippen molar-refractivity contribution in [2.45, 2.75) is 6.04 Å². The SMILES string of the molecule is COCC(CO)NC(=O)c1ccc[nH]1. The van der Waals surface area contributed by atoms with Crippen LogP contribution in [0.25, 0.3) is 0 Å². The van der Waals surface area contributed by atoms with E-state index in [0.29, 0.717) is 12.3 Å². The molecule has 1 amide bonds. The predicted molar refractivity (Wildman–Crippen MR) is 51.0 cm³/mol. The number of aliphatic hydroxyl groups excluding tert-OH is 1. The molecular formula is C9H14N2O3. The molecule has 0 aromatic carbocycles. The quantitative estimate of drug-likeness (QED) is 0.611. The number of H-pyrrole nitrogens is 1. The molecule has 0 fully saturated rings. The average Bonchev–Trinajstić information content (AvgIpc) is 2.69. The average molecular weight is 198 g/mol. The first kappa shape index (κ1) is 10.7. The number of methoxy groups -OCH3 is 1. The third-order valence-corrected chi connectivity index (χ3v) is 1.77. The summed E-state index contributed by atoms with van der Waals surface area (Å²) in [5, 5.41) is 11.5. The Hall–Kier alpha value is -1.33. The zero-order valence-electron chi connectivity index (χ0n) is 7.99. The van der Waals surface area contributed by atoms with Crippen LogP contribution in [0.4, 0.5) is 0 Å². The highest BCUT2D eigenvalue weighted by molar-refractivity contribution is 5.92. The Morgan fingerprint density at radius 2 is 2.57 bits per heavy atom. The van der Waals surface area contributed by atoms with Gasteiger partial charge in [-0.3, -0.25) is 4.79 Å². The van der Waals surface area contributed by atoms with E-state index < -0.39 is 0 Å². The highest BCUT2D eigenvalue weighted by atomic mass is 16.5. The number of hydrogen-bond acceptors (Lipinski definition) is 3. The maximum absolute atomic E-state index is 11.4. The molecule has 1 atom stereocenters. The van der Waals surface area contributed by atoms with Gasteiger partial charge >= 0.3 is 0 Å². The normalized spacial score (nSPS) is 12.4. The largest absolute Gasteiger partial charge is 0.394 e. The lowest BCUT2D eigenvalue weighted by Gasteiger charge is -2.14. The van der Waals surface area contributed by atoms with Crippen LogP contribution in [0.5, 0.6) is 0 Å². The molecule has 5 heteroatoms. The molecule has 1 aromatic rings. The van der Waals surface area contributed by atoms with Crippen molar-refractivity contribution in [3.05, 3.63) is 24.0 Å². The number of aromatic amines is 1. The van der Waals surface area contributed by atoms with Gasteiger partial charge in [-0.05, 0) is 12.1 Å². The molecule has 0 aliphatic rings. The lowest BCUT2D eigenvalue weighted by atomic mass is 10.3. The Morgan fingerprint density at radius 3 is 3.07 bits per heavy atom. The molecule has 0 aliphatic carbocycles. The molecule has 5 nitrogen and oxygen atoms in total. The fourth-order valence-corrected chi connectivity index (χ4v) is 1.08. The Kier molecular flexibility index (Phi) is 4.15. The first-order valence-electron chi connectivity index (χ1n) is 4.32. The van der Waals surface area contributed by atoms with Gasteiger partial charge in [0.2, 0.25) is 0 Å². The standard InChI is InChI=1S/C9H14N2O3/c1-14-6-7(5-12)11-9(13)8-3-2-4-10-8/h2-4,7,10,12H,5-6H2,1H3,(H,11,13). The van der Waals surface area contributed by atoms with Crippen LogP contribution in [-0.4, -0.2) is 42.4 Å². The maximum Gasteiger partial charge on any atom is 0.268 e. The summed E-state index contributed by atoms with van der Waals surface area (Å²) < 4.78 is 4.83. The number of carbonyl (C=O) groups excluding carboxylic acids is 1. The van der Waals surface area contributed by atoms with Crippen molar-refractivity contribution in [1.82, 2.24) is 10.3 Å². The van der Waals surface area contributed by atoms with Gasteiger partial charge in [0.1, 0.15) is 5.69 Å². The van der Waals surface area contributed by atoms with Crippen LogP contribution in [0, 0.1) is 0 Å². The fourth-order valence-electron chi connectivity index (χ4n) is 1.08. The van der Waals surface area contributed by atoms with Crippen LogP contribution < -0.4 is 5.32 Å². The Balaban J connectivity index is 2.47. The van der Waals surface area contributed by atoms with Crippen molar-refractivity contribution in [2.75, 3.05) is 20.3 Å². The van der Waals surface area contributed by atoms with Gasteiger partial charge in [0.15, 0.2) is 0 Å². The zero-order chi connectivity index (χ0) is 10.4. The van der Waals surface area contributed by atoms with Crippen molar-refractivity contribution < 1.29 is 14.6 Å². The van der Waals surface area contributed by atoms with Crippen molar-refractivity contribution in [1.29, 1.82) is 0 Å². The van der Waals surface area contributed by atoms with Gasteiger partial charge < -0.3 is 20.1 Å². The number of hydrogen-bond donors (Lipinski definition) is 3. The van der Waals surface area contributed by atoms with E-state index >= 15 is 0 Å². The molecule has 0 saturated carbocycles. The lowest BCUT2D eigenvalue weighted by molar-refractivity contribution is 0.0835. The van der Waals surface area contributed by atoms with Gasteiger partial charge in [-0.25, -0.2) is 0 Å². The van der Waals surface area contributed by atoms with Crippen LogP contribution in [0.2, 0.25) is 0 Å². The summed E-state index contributed by atoms with van der Waals surface area (Å²) in [7, 11) is 1.52. The zero-order valence-corrected chi connectivity index (χ0v) is 7.99. The molecule has 14 heavy (non-hydrogen) atoms. The minimum absolute atomic E-state index is 0.139. The molecule has 1 unspecified atom stereocenters. The summed E-state index contributed by atoms with van der Waals surface area (Å²) in [6.45, 7) is 0.156. The second-order valence-electron chi connectivity index (χ2n) is 2.89. The Morgan fingerprint density at radius 1 is 1.79 bits per heavy atom. The predicted octanol–water partition coefficient (Wildman–Crippen LogP) is -0.248. The molecular weight excluding hydrogens is 184 g/mol. The molecule has 0 spiro atoms. The number of amides is 1. The molecule has 0 aliphatic heterocycles. The fraction of sp³-hybridized carbons (Fsp3) is 0.444. The van der Waals surface area contributed by atoms with Crippen molar-refractivity contribution >= 4 is 5.91 Å². The van der Waals surface area contributed by atoms with Crippen molar-refractivity contribution in [3.63, 3.8) is 0 Å². The first-order chi connectivity index (χ1) is 6.77. The number of carbonyl (C=O) groups is 1. The maximum atomic E-state index is 11.4. The van der Waals surface area contributed by atoms with E-state index in [4.69, 9.17) is 9.84 Å². The molecule has 78 valence electrons. The highest BCUT2D eigenvalue weighted by Gasteiger charge is 2.12. The van der Waals surface area contributed by atoms with E-state index in [1.54, 1.807) is 18.3 Å². The van der Waals surface area contributed by atoms with E-state index in [2.05, 4.69) is 10.3 Å². The summed E-state index contributed by atoms with van der Waals surface area (Å²) in [5.74, 6) is -0.244. The van der Waals surface area contributed by atoms with Crippen LogP contribution in [0.1, 0.15) is 10.5 Å². The van der Waals surface area contributed by atoms with Crippen LogP contribution in [-0.2, 0) is 4.74 Å².